The van der Waals surface area contributed by atoms with Gasteiger partial charge in [-0.3, -0.25) is 9.69 Å². The number of methoxy groups -OCH3 is 1. The van der Waals surface area contributed by atoms with Crippen molar-refractivity contribution in [2.45, 2.75) is 131 Å². The van der Waals surface area contributed by atoms with E-state index in [2.05, 4.69) is 32.4 Å². The van der Waals surface area contributed by atoms with Crippen molar-refractivity contribution in [2.75, 3.05) is 7.11 Å². The summed E-state index contributed by atoms with van der Waals surface area (Å²) in [5, 5.41) is 0. The van der Waals surface area contributed by atoms with Gasteiger partial charge in [0, 0.05) is 13.5 Å². The maximum atomic E-state index is 13.2. The van der Waals surface area contributed by atoms with Crippen LogP contribution in [0.5, 0.6) is 0 Å². The van der Waals surface area contributed by atoms with E-state index in [0.717, 1.165) is 28.5 Å². The number of aryl methyl sites for hydroxylation is 2. The Hall–Kier alpha value is -3.24. The molecule has 0 spiro atoms. The quantitative estimate of drug-likeness (QED) is 0.232. The number of benzene rings is 2. The summed E-state index contributed by atoms with van der Waals surface area (Å²) in [7, 11) is 1.35. The Morgan fingerprint density at radius 3 is 1.88 bits per heavy atom. The molecule has 272 valence electrons. The number of hydrogen-bond acceptors (Lipinski definition) is 4. The molecule has 3 atom stereocenters. The molecular weight excluding hydrogens is 636 g/mol. The number of carbonyl (C=O) groups excluding carboxylic acids is 2. The summed E-state index contributed by atoms with van der Waals surface area (Å²) in [6.45, 7) is 15.7. The number of ether oxygens (including phenoxy) is 2. The van der Waals surface area contributed by atoms with E-state index in [1.807, 2.05) is 32.0 Å². The summed E-state index contributed by atoms with van der Waals surface area (Å²) in [4.78, 5) is 23.3. The molecule has 1 heterocycles. The Morgan fingerprint density at radius 2 is 1.44 bits per heavy atom. The molecule has 11 heteroatoms. The minimum absolute atomic E-state index is 0.0544. The number of halogens is 6. The Morgan fingerprint density at radius 1 is 0.938 bits per heavy atom. The molecule has 3 unspecified atom stereocenters. The minimum atomic E-state index is -4.97. The monoisotopic (exact) mass is 689 g/mol. The van der Waals surface area contributed by atoms with E-state index in [1.165, 1.54) is 70.8 Å². The van der Waals surface area contributed by atoms with Gasteiger partial charge >= 0.3 is 24.4 Å². The first-order valence-electron chi connectivity index (χ1n) is 16.7. The van der Waals surface area contributed by atoms with E-state index in [-0.39, 0.29) is 24.1 Å². The van der Waals surface area contributed by atoms with Crippen LogP contribution in [-0.2, 0) is 33.2 Å². The van der Waals surface area contributed by atoms with Crippen molar-refractivity contribution in [1.29, 1.82) is 0 Å². The summed E-state index contributed by atoms with van der Waals surface area (Å²) in [6.07, 6.45) is -1.86. The minimum Gasteiger partial charge on any atom is -0.469 e. The Labute approximate surface area is 282 Å². The van der Waals surface area contributed by atoms with Crippen LogP contribution in [0.1, 0.15) is 126 Å². The van der Waals surface area contributed by atoms with Gasteiger partial charge in [0.2, 0.25) is 0 Å². The molecule has 0 N–H and O–H groups in total. The molecule has 4 rings (SSSR count). The van der Waals surface area contributed by atoms with Crippen molar-refractivity contribution in [3.63, 3.8) is 0 Å². The van der Waals surface area contributed by atoms with E-state index in [4.69, 9.17) is 4.74 Å². The second-order valence-corrected chi connectivity index (χ2v) is 12.6. The van der Waals surface area contributed by atoms with Crippen LogP contribution < -0.4 is 0 Å². The fourth-order valence-electron chi connectivity index (χ4n) is 5.49. The van der Waals surface area contributed by atoms with E-state index in [1.54, 1.807) is 0 Å². The predicted octanol–water partition coefficient (Wildman–Crippen LogP) is 11.6. The second-order valence-electron chi connectivity index (χ2n) is 12.6. The maximum Gasteiger partial charge on any atom is 0.416 e. The number of amides is 1. The Bertz CT molecular complexity index is 1260. The lowest BCUT2D eigenvalue weighted by atomic mass is 9.80. The molecule has 1 saturated carbocycles. The number of carbonyl (C=O) groups is 2. The largest absolute Gasteiger partial charge is 0.469 e. The zero-order chi connectivity index (χ0) is 36.8. The zero-order valence-corrected chi connectivity index (χ0v) is 29.8. The van der Waals surface area contributed by atoms with Gasteiger partial charge < -0.3 is 9.47 Å². The predicted molar refractivity (Wildman–Crippen MR) is 176 cm³/mol. The van der Waals surface area contributed by atoms with Gasteiger partial charge in [-0.15, -0.1) is 0 Å². The van der Waals surface area contributed by atoms with Crippen LogP contribution in [0, 0.1) is 25.7 Å². The van der Waals surface area contributed by atoms with Gasteiger partial charge in [-0.2, -0.15) is 26.3 Å². The zero-order valence-electron chi connectivity index (χ0n) is 29.8. The fourth-order valence-corrected chi connectivity index (χ4v) is 5.49. The van der Waals surface area contributed by atoms with Gasteiger partial charge in [0.1, 0.15) is 6.10 Å². The van der Waals surface area contributed by atoms with Crippen molar-refractivity contribution >= 4 is 12.1 Å². The summed E-state index contributed by atoms with van der Waals surface area (Å²) in [5.74, 6) is 1.81. The van der Waals surface area contributed by atoms with Crippen LogP contribution in [0.15, 0.2) is 36.4 Å². The number of esters is 1. The van der Waals surface area contributed by atoms with E-state index >= 15 is 0 Å². The second kappa shape index (κ2) is 19.7. The van der Waals surface area contributed by atoms with Crippen LogP contribution in [0.2, 0.25) is 0 Å². The van der Waals surface area contributed by atoms with Crippen LogP contribution in [0.3, 0.4) is 0 Å². The molecule has 1 aliphatic carbocycles. The smallest absolute Gasteiger partial charge is 0.416 e. The molecule has 0 radical (unpaired) electrons. The van der Waals surface area contributed by atoms with Crippen LogP contribution >= 0.6 is 0 Å². The number of hydrogen-bond donors (Lipinski definition) is 0. The summed E-state index contributed by atoms with van der Waals surface area (Å²) in [5.41, 5.74) is -0.546. The number of cyclic esters (lactones) is 1. The van der Waals surface area contributed by atoms with Gasteiger partial charge in [-0.25, -0.2) is 4.79 Å². The van der Waals surface area contributed by atoms with Gasteiger partial charge in [0.25, 0.3) is 0 Å². The van der Waals surface area contributed by atoms with Crippen molar-refractivity contribution in [2.24, 2.45) is 11.8 Å². The maximum absolute atomic E-state index is 13.2. The molecule has 1 saturated heterocycles. The molecule has 5 nitrogen and oxygen atoms in total. The molecule has 2 fully saturated rings. The highest BCUT2D eigenvalue weighted by Crippen LogP contribution is 2.41. The highest BCUT2D eigenvalue weighted by molar-refractivity contribution is 5.71. The highest BCUT2D eigenvalue weighted by Gasteiger charge is 2.43. The lowest BCUT2D eigenvalue weighted by Crippen LogP contribution is -2.31. The third kappa shape index (κ3) is 13.7. The topological polar surface area (TPSA) is 55.8 Å². The number of rotatable bonds is 5. The van der Waals surface area contributed by atoms with Crippen LogP contribution in [0.25, 0.3) is 0 Å². The van der Waals surface area contributed by atoms with Gasteiger partial charge in [-0.05, 0) is 67.5 Å². The number of nitrogens with zero attached hydrogens (tertiary/aromatic N) is 1. The van der Waals surface area contributed by atoms with Crippen molar-refractivity contribution in [3.05, 3.63) is 69.8 Å². The van der Waals surface area contributed by atoms with Crippen molar-refractivity contribution in [3.8, 4) is 0 Å². The van der Waals surface area contributed by atoms with E-state index in [0.29, 0.717) is 12.1 Å². The van der Waals surface area contributed by atoms with E-state index < -0.39 is 41.7 Å². The lowest BCUT2D eigenvalue weighted by molar-refractivity contribution is -0.143. The molecule has 0 aromatic heterocycles. The molecule has 2 aliphatic rings. The van der Waals surface area contributed by atoms with E-state index in [9.17, 15) is 35.9 Å². The molecule has 48 heavy (non-hydrogen) atoms. The average molecular weight is 690 g/mol. The summed E-state index contributed by atoms with van der Waals surface area (Å²) in [6, 6.07) is 6.14. The first-order valence-corrected chi connectivity index (χ1v) is 16.7. The van der Waals surface area contributed by atoms with Gasteiger partial charge in [-0.1, -0.05) is 96.4 Å². The Kier molecular flexibility index (Phi) is 17.5. The summed E-state index contributed by atoms with van der Waals surface area (Å²) >= 11 is 0. The third-order valence-corrected chi connectivity index (χ3v) is 8.56. The van der Waals surface area contributed by atoms with Gasteiger partial charge in [0.15, 0.2) is 0 Å². The van der Waals surface area contributed by atoms with Gasteiger partial charge in [0.05, 0.1) is 24.3 Å². The fraction of sp³-hybridized carbons (Fsp3) is 0.622. The SMILES string of the molecule is CCC.CCC(C)C1CCCCC1.COC(C)=O.Cc1ccc(C)c(CN2C(=O)OC(c3cc(C(F)(F)F)cc(C(F)(F)F)c3)C2C)c1. The first kappa shape index (κ1) is 42.8. The number of alkyl halides is 6. The summed E-state index contributed by atoms with van der Waals surface area (Å²) < 4.78 is 88.3. The van der Waals surface area contributed by atoms with Crippen molar-refractivity contribution < 1.29 is 45.4 Å². The molecule has 2 aromatic carbocycles. The van der Waals surface area contributed by atoms with Crippen molar-refractivity contribution in [1.82, 2.24) is 4.90 Å². The standard InChI is InChI=1S/C21H19F6NO2.C10H20.C3H6O2.C3H8/c1-11-4-5-12(2)15(6-11)10-28-13(3)18(30-19(28)29)14-7-16(20(22,23)24)9-17(8-14)21(25,26)27;1-3-9(2)10-7-5-4-6-8-10;1-3(4)5-2;1-3-2/h4-9,13,18H,10H2,1-3H3;9-10H,3-8H2,1-2H3;1-2H3;3H2,1-2H3. The highest BCUT2D eigenvalue weighted by atomic mass is 19.4. The third-order valence-electron chi connectivity index (χ3n) is 8.56. The molecule has 0 bridgehead atoms. The lowest BCUT2D eigenvalue weighted by Gasteiger charge is -2.26. The Balaban J connectivity index is 0.000000523. The molecule has 2 aromatic rings. The average Bonchev–Trinajstić information content (AvgIpc) is 3.31. The molecule has 1 amide bonds. The first-order chi connectivity index (χ1) is 22.3. The van der Waals surface area contributed by atoms with Crippen LogP contribution in [-0.4, -0.2) is 30.1 Å². The normalized spacial score (nSPS) is 18.6. The molecule has 1 aliphatic heterocycles. The molecular formula is C37H53F6NO4. The van der Waals surface area contributed by atoms with Crippen LogP contribution in [0.4, 0.5) is 31.1 Å².